The molecule has 0 radical (unpaired) electrons. The Hall–Kier alpha value is -2.82. The van der Waals surface area contributed by atoms with E-state index >= 15 is 0 Å². The van der Waals surface area contributed by atoms with E-state index in [0.717, 1.165) is 29.7 Å². The number of fused-ring (bicyclic) bond motifs is 2. The highest BCUT2D eigenvalue weighted by Gasteiger charge is 2.27. The minimum atomic E-state index is -0.0500. The van der Waals surface area contributed by atoms with Gasteiger partial charge in [0.1, 0.15) is 5.82 Å². The fourth-order valence-corrected chi connectivity index (χ4v) is 3.77. The monoisotopic (exact) mass is 348 g/mol. The van der Waals surface area contributed by atoms with E-state index in [0.29, 0.717) is 6.54 Å². The van der Waals surface area contributed by atoms with Crippen LogP contribution >= 0.6 is 0 Å². The molecule has 2 amide bonds. The van der Waals surface area contributed by atoms with Gasteiger partial charge in [-0.3, -0.25) is 0 Å². The number of carbonyl (C=O) groups excluding carboxylic acids is 1. The molecule has 0 saturated carbocycles. The molecule has 2 aromatic carbocycles. The summed E-state index contributed by atoms with van der Waals surface area (Å²) in [6.07, 6.45) is 1.84. The van der Waals surface area contributed by atoms with Gasteiger partial charge >= 0.3 is 6.03 Å². The van der Waals surface area contributed by atoms with Crippen LogP contribution in [0.2, 0.25) is 0 Å². The maximum absolute atomic E-state index is 12.6. The molecule has 0 fully saturated rings. The highest BCUT2D eigenvalue weighted by atomic mass is 16.2. The van der Waals surface area contributed by atoms with Crippen LogP contribution in [0.3, 0.4) is 0 Å². The molecule has 1 aromatic heterocycles. The maximum Gasteiger partial charge on any atom is 0.317 e. The topological polar surface area (TPSA) is 50.2 Å². The standard InChI is InChI=1S/C21H24N4O/c1-14-8-9-19-18(10-14)23-20(25(19)3)13-22-21(26)24(2)17-11-15-6-4-5-7-16(15)12-17/h4-10,17H,11-13H2,1-3H3,(H,22,26). The first-order chi connectivity index (χ1) is 12.5. The van der Waals surface area contributed by atoms with E-state index in [4.69, 9.17) is 0 Å². The molecule has 1 heterocycles. The lowest BCUT2D eigenvalue weighted by molar-refractivity contribution is 0.191. The molecule has 1 aliphatic rings. The first-order valence-electron chi connectivity index (χ1n) is 9.02. The van der Waals surface area contributed by atoms with E-state index in [1.807, 2.05) is 23.6 Å². The number of likely N-dealkylation sites (N-methyl/N-ethyl adjacent to an activating group) is 1. The second-order valence-electron chi connectivity index (χ2n) is 7.18. The van der Waals surface area contributed by atoms with Crippen LogP contribution in [0, 0.1) is 6.92 Å². The number of hydrogen-bond donors (Lipinski definition) is 1. The lowest BCUT2D eigenvalue weighted by Gasteiger charge is -2.24. The van der Waals surface area contributed by atoms with Gasteiger partial charge in [0, 0.05) is 20.1 Å². The summed E-state index contributed by atoms with van der Waals surface area (Å²) in [5, 5.41) is 3.02. The summed E-state index contributed by atoms with van der Waals surface area (Å²) < 4.78 is 2.04. The van der Waals surface area contributed by atoms with E-state index in [1.165, 1.54) is 16.7 Å². The van der Waals surface area contributed by atoms with E-state index in [2.05, 4.69) is 59.7 Å². The Balaban J connectivity index is 1.42. The second-order valence-corrected chi connectivity index (χ2v) is 7.18. The van der Waals surface area contributed by atoms with Gasteiger partial charge in [-0.15, -0.1) is 0 Å². The van der Waals surface area contributed by atoms with Gasteiger partial charge < -0.3 is 14.8 Å². The first kappa shape index (κ1) is 16.6. The van der Waals surface area contributed by atoms with Gasteiger partial charge in [-0.25, -0.2) is 9.78 Å². The van der Waals surface area contributed by atoms with Crippen molar-refractivity contribution in [1.29, 1.82) is 0 Å². The zero-order chi connectivity index (χ0) is 18.3. The lowest BCUT2D eigenvalue weighted by atomic mass is 10.1. The predicted octanol–water partition coefficient (Wildman–Crippen LogP) is 3.19. The van der Waals surface area contributed by atoms with Crippen molar-refractivity contribution in [2.24, 2.45) is 7.05 Å². The van der Waals surface area contributed by atoms with Crippen LogP contribution in [0.1, 0.15) is 22.5 Å². The molecule has 0 saturated heterocycles. The summed E-state index contributed by atoms with van der Waals surface area (Å²) >= 11 is 0. The number of urea groups is 1. The van der Waals surface area contributed by atoms with Gasteiger partial charge in [-0.2, -0.15) is 0 Å². The van der Waals surface area contributed by atoms with Crippen molar-refractivity contribution >= 4 is 17.1 Å². The largest absolute Gasteiger partial charge is 0.331 e. The van der Waals surface area contributed by atoms with Crippen LogP contribution in [-0.2, 0) is 26.4 Å². The number of imidazole rings is 1. The SMILES string of the molecule is Cc1ccc2c(c1)nc(CNC(=O)N(C)C1Cc3ccccc3C1)n2C. The number of rotatable bonds is 3. The van der Waals surface area contributed by atoms with Crippen molar-refractivity contribution in [3.05, 3.63) is 65.0 Å². The van der Waals surface area contributed by atoms with Crippen molar-refractivity contribution in [1.82, 2.24) is 19.8 Å². The van der Waals surface area contributed by atoms with Crippen LogP contribution in [0.5, 0.6) is 0 Å². The van der Waals surface area contributed by atoms with Crippen molar-refractivity contribution < 1.29 is 4.79 Å². The minimum absolute atomic E-state index is 0.0500. The highest BCUT2D eigenvalue weighted by molar-refractivity contribution is 5.77. The number of hydrogen-bond acceptors (Lipinski definition) is 2. The van der Waals surface area contributed by atoms with E-state index < -0.39 is 0 Å². The summed E-state index contributed by atoms with van der Waals surface area (Å²) in [7, 11) is 3.87. The van der Waals surface area contributed by atoms with Crippen molar-refractivity contribution in [3.8, 4) is 0 Å². The average molecular weight is 348 g/mol. The van der Waals surface area contributed by atoms with Crippen LogP contribution in [0.15, 0.2) is 42.5 Å². The fraction of sp³-hybridized carbons (Fsp3) is 0.333. The quantitative estimate of drug-likeness (QED) is 0.790. The Bertz CT molecular complexity index is 950. The minimum Gasteiger partial charge on any atom is -0.331 e. The van der Waals surface area contributed by atoms with Gasteiger partial charge in [0.25, 0.3) is 0 Å². The molecule has 1 N–H and O–H groups in total. The van der Waals surface area contributed by atoms with Gasteiger partial charge in [0.05, 0.1) is 17.6 Å². The second kappa shape index (κ2) is 6.48. The number of nitrogens with zero attached hydrogens (tertiary/aromatic N) is 3. The Morgan fingerprint density at radius 1 is 1.23 bits per heavy atom. The molecule has 1 aliphatic carbocycles. The molecular formula is C21H24N4O. The van der Waals surface area contributed by atoms with Crippen LogP contribution in [0.4, 0.5) is 4.79 Å². The van der Waals surface area contributed by atoms with E-state index in [9.17, 15) is 4.79 Å². The molecule has 0 atom stereocenters. The third-order valence-corrected chi connectivity index (χ3v) is 5.42. The summed E-state index contributed by atoms with van der Waals surface area (Å²) in [6.45, 7) is 2.48. The maximum atomic E-state index is 12.6. The molecule has 0 spiro atoms. The molecule has 3 aromatic rings. The Labute approximate surface area is 153 Å². The number of carbonyl (C=O) groups is 1. The van der Waals surface area contributed by atoms with Crippen molar-refractivity contribution in [2.45, 2.75) is 32.4 Å². The third kappa shape index (κ3) is 2.94. The van der Waals surface area contributed by atoms with Crippen molar-refractivity contribution in [2.75, 3.05) is 7.05 Å². The molecule has 0 bridgehead atoms. The summed E-state index contributed by atoms with van der Waals surface area (Å²) in [4.78, 5) is 19.1. The molecule has 4 rings (SSSR count). The van der Waals surface area contributed by atoms with Gasteiger partial charge in [0.2, 0.25) is 0 Å². The van der Waals surface area contributed by atoms with Crippen LogP contribution < -0.4 is 5.32 Å². The zero-order valence-electron chi connectivity index (χ0n) is 15.5. The molecule has 5 nitrogen and oxygen atoms in total. The number of amides is 2. The number of benzene rings is 2. The number of nitrogens with one attached hydrogen (secondary N) is 1. The number of aromatic nitrogens is 2. The smallest absolute Gasteiger partial charge is 0.317 e. The normalized spacial score (nSPS) is 13.8. The lowest BCUT2D eigenvalue weighted by Crippen LogP contribution is -2.44. The Morgan fingerprint density at radius 2 is 1.92 bits per heavy atom. The predicted molar refractivity (Wildman–Crippen MR) is 103 cm³/mol. The van der Waals surface area contributed by atoms with Gasteiger partial charge in [-0.1, -0.05) is 30.3 Å². The van der Waals surface area contributed by atoms with E-state index in [-0.39, 0.29) is 12.1 Å². The average Bonchev–Trinajstić information content (AvgIpc) is 3.20. The zero-order valence-corrected chi connectivity index (χ0v) is 15.5. The van der Waals surface area contributed by atoms with Crippen LogP contribution in [0.25, 0.3) is 11.0 Å². The first-order valence-corrected chi connectivity index (χ1v) is 9.02. The van der Waals surface area contributed by atoms with Gasteiger partial charge in [0.15, 0.2) is 0 Å². The third-order valence-electron chi connectivity index (χ3n) is 5.42. The summed E-state index contributed by atoms with van der Waals surface area (Å²) in [5.74, 6) is 0.863. The molecule has 0 unspecified atom stereocenters. The summed E-state index contributed by atoms with van der Waals surface area (Å²) in [6, 6.07) is 14.8. The molecule has 26 heavy (non-hydrogen) atoms. The highest BCUT2D eigenvalue weighted by Crippen LogP contribution is 2.24. The fourth-order valence-electron chi connectivity index (χ4n) is 3.77. The number of aryl methyl sites for hydroxylation is 2. The Morgan fingerprint density at radius 3 is 2.62 bits per heavy atom. The molecular weight excluding hydrogens is 324 g/mol. The molecule has 134 valence electrons. The van der Waals surface area contributed by atoms with Gasteiger partial charge in [-0.05, 0) is 48.6 Å². The Kier molecular flexibility index (Phi) is 4.15. The summed E-state index contributed by atoms with van der Waals surface area (Å²) in [5.41, 5.74) is 5.94. The van der Waals surface area contributed by atoms with Crippen molar-refractivity contribution in [3.63, 3.8) is 0 Å². The van der Waals surface area contributed by atoms with Crippen LogP contribution in [-0.4, -0.2) is 33.6 Å². The molecule has 5 heteroatoms. The van der Waals surface area contributed by atoms with E-state index in [1.54, 1.807) is 0 Å². The molecule has 0 aliphatic heterocycles.